The highest BCUT2D eigenvalue weighted by Gasteiger charge is 2.21. The molecule has 3 rings (SSSR count). The van der Waals surface area contributed by atoms with E-state index >= 15 is 0 Å². The van der Waals surface area contributed by atoms with Gasteiger partial charge in [0.25, 0.3) is 0 Å². The van der Waals surface area contributed by atoms with E-state index in [1.54, 1.807) is 13.0 Å². The first-order chi connectivity index (χ1) is 15.3. The third kappa shape index (κ3) is 5.69. The summed E-state index contributed by atoms with van der Waals surface area (Å²) in [6.45, 7) is 9.93. The second-order valence-corrected chi connectivity index (χ2v) is 8.53. The molecule has 32 heavy (non-hydrogen) atoms. The highest BCUT2D eigenvalue weighted by atomic mass is 35.5. The van der Waals surface area contributed by atoms with E-state index in [-0.39, 0.29) is 16.7 Å². The number of amides is 1. The molecule has 0 aliphatic rings. The summed E-state index contributed by atoms with van der Waals surface area (Å²) in [5.41, 5.74) is 2.83. The fraction of sp³-hybridized carbons (Fsp3) is 0.261. The van der Waals surface area contributed by atoms with Crippen molar-refractivity contribution in [2.24, 2.45) is 0 Å². The molecule has 6 nitrogen and oxygen atoms in total. The third-order valence-corrected chi connectivity index (χ3v) is 5.96. The lowest BCUT2D eigenvalue weighted by Crippen LogP contribution is -2.17. The number of benzene rings is 2. The SMILES string of the molecule is C=CCn1c(SCC(=O)Nc2c(C)cccc2C)nnc1C(C)Oc1ccc(F)cc1Cl. The lowest BCUT2D eigenvalue weighted by atomic mass is 10.1. The summed E-state index contributed by atoms with van der Waals surface area (Å²) in [6, 6.07) is 9.80. The Morgan fingerprint density at radius 2 is 2.03 bits per heavy atom. The number of carbonyl (C=O) groups is 1. The molecule has 0 radical (unpaired) electrons. The molecule has 0 aliphatic heterocycles. The Hall–Kier alpha value is -2.84. The number of halogens is 2. The zero-order chi connectivity index (χ0) is 23.3. The number of nitrogens with zero attached hydrogens (tertiary/aromatic N) is 3. The van der Waals surface area contributed by atoms with Crippen LogP contribution in [0, 0.1) is 19.7 Å². The third-order valence-electron chi connectivity index (χ3n) is 4.70. The minimum atomic E-state index is -0.511. The van der Waals surface area contributed by atoms with Crippen LogP contribution in [0.15, 0.2) is 54.2 Å². The second kappa shape index (κ2) is 10.7. The van der Waals surface area contributed by atoms with Crippen LogP contribution >= 0.6 is 23.4 Å². The quantitative estimate of drug-likeness (QED) is 0.316. The number of aryl methyl sites for hydroxylation is 2. The number of nitrogens with one attached hydrogen (secondary N) is 1. The van der Waals surface area contributed by atoms with E-state index < -0.39 is 11.9 Å². The van der Waals surface area contributed by atoms with Crippen LogP contribution in [0.1, 0.15) is 30.0 Å². The van der Waals surface area contributed by atoms with Gasteiger partial charge in [0.15, 0.2) is 17.1 Å². The number of hydrogen-bond acceptors (Lipinski definition) is 5. The standard InChI is InChI=1S/C23H24ClFN4O2S/c1-5-11-29-22(16(4)31-19-10-9-17(25)12-18(19)24)27-28-23(29)32-13-20(30)26-21-14(2)7-6-8-15(21)3/h5-10,12,16H,1,11,13H2,2-4H3,(H,26,30). The molecule has 0 bridgehead atoms. The predicted molar refractivity (Wildman–Crippen MR) is 126 cm³/mol. The van der Waals surface area contributed by atoms with Crippen molar-refractivity contribution < 1.29 is 13.9 Å². The van der Waals surface area contributed by atoms with E-state index in [2.05, 4.69) is 22.1 Å². The van der Waals surface area contributed by atoms with Crippen LogP contribution in [-0.4, -0.2) is 26.4 Å². The fourth-order valence-corrected chi connectivity index (χ4v) is 4.11. The summed E-state index contributed by atoms with van der Waals surface area (Å²) in [5.74, 6) is 0.480. The molecule has 1 N–H and O–H groups in total. The van der Waals surface area contributed by atoms with Gasteiger partial charge in [-0.15, -0.1) is 16.8 Å². The largest absolute Gasteiger partial charge is 0.481 e. The number of hydrogen-bond donors (Lipinski definition) is 1. The number of rotatable bonds is 9. The molecule has 1 unspecified atom stereocenters. The summed E-state index contributed by atoms with van der Waals surface area (Å²) >= 11 is 7.34. The molecule has 9 heteroatoms. The molecule has 0 saturated heterocycles. The van der Waals surface area contributed by atoms with Crippen molar-refractivity contribution in [3.63, 3.8) is 0 Å². The number of thioether (sulfide) groups is 1. The molecular weight excluding hydrogens is 451 g/mol. The Labute approximate surface area is 195 Å². The van der Waals surface area contributed by atoms with Crippen molar-refractivity contribution >= 4 is 35.0 Å². The van der Waals surface area contributed by atoms with Gasteiger partial charge in [-0.3, -0.25) is 9.36 Å². The van der Waals surface area contributed by atoms with Gasteiger partial charge in [-0.05, 0) is 50.1 Å². The van der Waals surface area contributed by atoms with Crippen molar-refractivity contribution in [3.05, 3.63) is 76.8 Å². The van der Waals surface area contributed by atoms with Gasteiger partial charge < -0.3 is 10.1 Å². The van der Waals surface area contributed by atoms with Gasteiger partial charge >= 0.3 is 0 Å². The fourth-order valence-electron chi connectivity index (χ4n) is 3.14. The summed E-state index contributed by atoms with van der Waals surface area (Å²) in [4.78, 5) is 12.5. The molecule has 0 fully saturated rings. The molecule has 1 heterocycles. The van der Waals surface area contributed by atoms with Gasteiger partial charge in [0, 0.05) is 12.2 Å². The molecule has 3 aromatic rings. The van der Waals surface area contributed by atoms with Crippen LogP contribution in [-0.2, 0) is 11.3 Å². The Bertz CT molecular complexity index is 1110. The summed E-state index contributed by atoms with van der Waals surface area (Å²) < 4.78 is 21.0. The number of anilines is 1. The molecule has 168 valence electrons. The van der Waals surface area contributed by atoms with Gasteiger partial charge in [0.05, 0.1) is 10.8 Å². The van der Waals surface area contributed by atoms with Crippen molar-refractivity contribution in [1.29, 1.82) is 0 Å². The zero-order valence-electron chi connectivity index (χ0n) is 18.1. The lowest BCUT2D eigenvalue weighted by Gasteiger charge is -2.16. The van der Waals surface area contributed by atoms with E-state index in [1.165, 1.54) is 30.0 Å². The van der Waals surface area contributed by atoms with Crippen molar-refractivity contribution in [1.82, 2.24) is 14.8 Å². The number of allylic oxidation sites excluding steroid dienone is 1. The van der Waals surface area contributed by atoms with Crippen LogP contribution in [0.2, 0.25) is 5.02 Å². The molecule has 0 saturated carbocycles. The smallest absolute Gasteiger partial charge is 0.234 e. The molecule has 2 aromatic carbocycles. The highest BCUT2D eigenvalue weighted by molar-refractivity contribution is 7.99. The maximum absolute atomic E-state index is 13.3. The van der Waals surface area contributed by atoms with Crippen LogP contribution in [0.25, 0.3) is 0 Å². The van der Waals surface area contributed by atoms with Crippen LogP contribution < -0.4 is 10.1 Å². The minimum absolute atomic E-state index is 0.135. The number of para-hydroxylation sites is 1. The van der Waals surface area contributed by atoms with Gasteiger partial charge in [0.2, 0.25) is 5.91 Å². The maximum atomic E-state index is 13.3. The van der Waals surface area contributed by atoms with Gasteiger partial charge in [-0.25, -0.2) is 4.39 Å². The van der Waals surface area contributed by atoms with Crippen LogP contribution in [0.5, 0.6) is 5.75 Å². The normalized spacial score (nSPS) is 11.8. The summed E-state index contributed by atoms with van der Waals surface area (Å²) in [6.07, 6.45) is 1.20. The molecule has 1 amide bonds. The number of ether oxygens (including phenoxy) is 1. The predicted octanol–water partition coefficient (Wildman–Crippen LogP) is 5.74. The van der Waals surface area contributed by atoms with E-state index in [4.69, 9.17) is 16.3 Å². The Kier molecular flexibility index (Phi) is 7.93. The Morgan fingerprint density at radius 1 is 1.31 bits per heavy atom. The summed E-state index contributed by atoms with van der Waals surface area (Å²) in [7, 11) is 0. The molecular formula is C23H24ClFN4O2S. The van der Waals surface area contributed by atoms with Crippen molar-refractivity contribution in [2.45, 2.75) is 38.6 Å². The first-order valence-electron chi connectivity index (χ1n) is 9.94. The van der Waals surface area contributed by atoms with Crippen molar-refractivity contribution in [2.75, 3.05) is 11.1 Å². The van der Waals surface area contributed by atoms with E-state index in [1.807, 2.05) is 36.6 Å². The monoisotopic (exact) mass is 474 g/mol. The van der Waals surface area contributed by atoms with Gasteiger partial charge in [-0.1, -0.05) is 47.6 Å². The molecule has 0 spiro atoms. The summed E-state index contributed by atoms with van der Waals surface area (Å²) in [5, 5.41) is 12.2. The van der Waals surface area contributed by atoms with Gasteiger partial charge in [0.1, 0.15) is 11.6 Å². The zero-order valence-corrected chi connectivity index (χ0v) is 19.6. The van der Waals surface area contributed by atoms with E-state index in [0.717, 1.165) is 16.8 Å². The molecule has 0 aliphatic carbocycles. The first-order valence-corrected chi connectivity index (χ1v) is 11.3. The van der Waals surface area contributed by atoms with Gasteiger partial charge in [-0.2, -0.15) is 0 Å². The van der Waals surface area contributed by atoms with E-state index in [9.17, 15) is 9.18 Å². The first kappa shape index (κ1) is 23.8. The highest BCUT2D eigenvalue weighted by Crippen LogP contribution is 2.30. The number of carbonyl (C=O) groups excluding carboxylic acids is 1. The van der Waals surface area contributed by atoms with Crippen LogP contribution in [0.3, 0.4) is 0 Å². The maximum Gasteiger partial charge on any atom is 0.234 e. The topological polar surface area (TPSA) is 69.0 Å². The Morgan fingerprint density at radius 3 is 2.69 bits per heavy atom. The Balaban J connectivity index is 1.71. The average molecular weight is 475 g/mol. The van der Waals surface area contributed by atoms with Crippen LogP contribution in [0.4, 0.5) is 10.1 Å². The lowest BCUT2D eigenvalue weighted by molar-refractivity contribution is -0.113. The second-order valence-electron chi connectivity index (χ2n) is 7.18. The van der Waals surface area contributed by atoms with Crippen molar-refractivity contribution in [3.8, 4) is 5.75 Å². The van der Waals surface area contributed by atoms with E-state index in [0.29, 0.717) is 23.3 Å². The minimum Gasteiger partial charge on any atom is -0.481 e. The molecule has 1 atom stereocenters. The molecule has 1 aromatic heterocycles. The average Bonchev–Trinajstić information content (AvgIpc) is 3.14. The number of aromatic nitrogens is 3.